The summed E-state index contributed by atoms with van der Waals surface area (Å²) < 4.78 is 23.8. The summed E-state index contributed by atoms with van der Waals surface area (Å²) in [6.45, 7) is 9.37. The summed E-state index contributed by atoms with van der Waals surface area (Å²) in [6, 6.07) is 2.08. The van der Waals surface area contributed by atoms with E-state index in [1.807, 2.05) is 0 Å². The number of piperazine rings is 1. The number of nitrogens with one attached hydrogen (secondary N) is 1. The molecule has 0 unspecified atom stereocenters. The van der Waals surface area contributed by atoms with Crippen molar-refractivity contribution >= 4 is 10.2 Å². The summed E-state index contributed by atoms with van der Waals surface area (Å²) in [5.74, 6) is 0. The van der Waals surface area contributed by atoms with Crippen molar-refractivity contribution in [2.75, 3.05) is 26.2 Å². The molecule has 0 spiro atoms. The molecule has 0 atom stereocenters. The lowest BCUT2D eigenvalue weighted by Crippen LogP contribution is -2.50. The fourth-order valence-electron chi connectivity index (χ4n) is 2.21. The Labute approximate surface area is 120 Å². The number of H-pyrrole nitrogens is 1. The number of nitrogens with two attached hydrogens (primary N) is 1. The van der Waals surface area contributed by atoms with Gasteiger partial charge in [-0.1, -0.05) is 20.8 Å². The Morgan fingerprint density at radius 1 is 1.30 bits per heavy atom. The third kappa shape index (κ3) is 3.78. The van der Waals surface area contributed by atoms with Crippen LogP contribution in [0.4, 0.5) is 0 Å². The lowest BCUT2D eigenvalue weighted by molar-refractivity contribution is 0.180. The predicted molar refractivity (Wildman–Crippen MR) is 77.2 cm³/mol. The number of hydrogen-bond donors (Lipinski definition) is 2. The molecule has 1 aromatic heterocycles. The molecule has 8 heteroatoms. The standard InChI is InChI=1S/C12H23N5O2S/c1-12(2,3)11-8-10(14-15-11)9-16-4-6-17(7-5-16)20(13,18)19/h8H,4-7,9H2,1-3H3,(H,14,15)(H2,13,18,19). The zero-order valence-electron chi connectivity index (χ0n) is 12.3. The zero-order chi connectivity index (χ0) is 15.0. The third-order valence-corrected chi connectivity index (χ3v) is 4.57. The molecule has 1 aliphatic rings. The summed E-state index contributed by atoms with van der Waals surface area (Å²) in [7, 11) is -3.55. The molecule has 0 amide bonds. The van der Waals surface area contributed by atoms with Gasteiger partial charge in [-0.25, -0.2) is 5.14 Å². The van der Waals surface area contributed by atoms with Crippen molar-refractivity contribution in [3.8, 4) is 0 Å². The van der Waals surface area contributed by atoms with E-state index in [1.54, 1.807) is 0 Å². The van der Waals surface area contributed by atoms with E-state index in [1.165, 1.54) is 4.31 Å². The quantitative estimate of drug-likeness (QED) is 0.823. The van der Waals surface area contributed by atoms with Crippen molar-refractivity contribution < 1.29 is 8.42 Å². The van der Waals surface area contributed by atoms with E-state index in [-0.39, 0.29) is 5.41 Å². The fraction of sp³-hybridized carbons (Fsp3) is 0.750. The first kappa shape index (κ1) is 15.4. The van der Waals surface area contributed by atoms with Gasteiger partial charge in [0.15, 0.2) is 0 Å². The van der Waals surface area contributed by atoms with E-state index in [9.17, 15) is 8.42 Å². The molecule has 0 aromatic carbocycles. The molecular formula is C12H23N5O2S. The van der Waals surface area contributed by atoms with Gasteiger partial charge in [-0.05, 0) is 6.07 Å². The Kier molecular flexibility index (Phi) is 4.19. The zero-order valence-corrected chi connectivity index (χ0v) is 13.1. The van der Waals surface area contributed by atoms with E-state index in [0.29, 0.717) is 26.2 Å². The number of aromatic amines is 1. The van der Waals surface area contributed by atoms with Gasteiger partial charge in [-0.3, -0.25) is 10.00 Å². The third-order valence-electron chi connectivity index (χ3n) is 3.48. The highest BCUT2D eigenvalue weighted by Crippen LogP contribution is 2.21. The largest absolute Gasteiger partial charge is 0.295 e. The molecule has 114 valence electrons. The normalized spacial score (nSPS) is 19.4. The minimum Gasteiger partial charge on any atom is -0.295 e. The summed E-state index contributed by atoms with van der Waals surface area (Å²) >= 11 is 0. The number of aromatic nitrogens is 2. The van der Waals surface area contributed by atoms with Crippen molar-refractivity contribution in [1.82, 2.24) is 19.4 Å². The summed E-state index contributed by atoms with van der Waals surface area (Å²) in [5, 5.41) is 12.5. The molecule has 0 saturated carbocycles. The lowest BCUT2D eigenvalue weighted by atomic mass is 9.92. The molecule has 2 rings (SSSR count). The molecule has 0 bridgehead atoms. The molecular weight excluding hydrogens is 278 g/mol. The molecule has 7 nitrogen and oxygen atoms in total. The van der Waals surface area contributed by atoms with E-state index in [2.05, 4.69) is 41.9 Å². The Bertz CT molecular complexity index is 553. The highest BCUT2D eigenvalue weighted by molar-refractivity contribution is 7.86. The van der Waals surface area contributed by atoms with Crippen LogP contribution in [0.1, 0.15) is 32.2 Å². The molecule has 0 aliphatic carbocycles. The van der Waals surface area contributed by atoms with Gasteiger partial charge in [0.25, 0.3) is 10.2 Å². The first-order valence-corrected chi connectivity index (χ1v) is 8.21. The van der Waals surface area contributed by atoms with Crippen LogP contribution in [0.2, 0.25) is 0 Å². The van der Waals surface area contributed by atoms with E-state index in [0.717, 1.165) is 17.9 Å². The predicted octanol–water partition coefficient (Wildman–Crippen LogP) is 0.0283. The van der Waals surface area contributed by atoms with E-state index < -0.39 is 10.2 Å². The second kappa shape index (κ2) is 5.44. The highest BCUT2D eigenvalue weighted by atomic mass is 32.2. The molecule has 20 heavy (non-hydrogen) atoms. The minimum absolute atomic E-state index is 0.0288. The summed E-state index contributed by atoms with van der Waals surface area (Å²) in [4.78, 5) is 2.20. The lowest BCUT2D eigenvalue weighted by Gasteiger charge is -2.32. The number of hydrogen-bond acceptors (Lipinski definition) is 4. The van der Waals surface area contributed by atoms with Gasteiger partial charge in [0.05, 0.1) is 5.69 Å². The van der Waals surface area contributed by atoms with Crippen molar-refractivity contribution in [2.45, 2.75) is 32.7 Å². The second-order valence-corrected chi connectivity index (χ2v) is 7.79. The van der Waals surface area contributed by atoms with Gasteiger partial charge in [0, 0.05) is 43.8 Å². The fourth-order valence-corrected chi connectivity index (χ4v) is 2.88. The van der Waals surface area contributed by atoms with Crippen LogP contribution in [0.15, 0.2) is 6.07 Å². The van der Waals surface area contributed by atoms with Crippen LogP contribution in [0, 0.1) is 0 Å². The smallest absolute Gasteiger partial charge is 0.276 e. The van der Waals surface area contributed by atoms with Crippen LogP contribution in [0.3, 0.4) is 0 Å². The van der Waals surface area contributed by atoms with Crippen molar-refractivity contribution in [3.05, 3.63) is 17.5 Å². The Hall–Kier alpha value is -0.960. The maximum absolute atomic E-state index is 11.2. The van der Waals surface area contributed by atoms with Gasteiger partial charge < -0.3 is 0 Å². The van der Waals surface area contributed by atoms with Crippen LogP contribution >= 0.6 is 0 Å². The first-order chi connectivity index (χ1) is 9.16. The van der Waals surface area contributed by atoms with Gasteiger partial charge in [0.2, 0.25) is 0 Å². The summed E-state index contributed by atoms with van der Waals surface area (Å²) in [5.41, 5.74) is 2.12. The molecule has 3 N–H and O–H groups in total. The van der Waals surface area contributed by atoms with Gasteiger partial charge in [-0.15, -0.1) is 0 Å². The van der Waals surface area contributed by atoms with Crippen LogP contribution in [0.25, 0.3) is 0 Å². The Balaban J connectivity index is 1.92. The molecule has 0 radical (unpaired) electrons. The van der Waals surface area contributed by atoms with Crippen LogP contribution in [-0.4, -0.2) is 54.0 Å². The van der Waals surface area contributed by atoms with Gasteiger partial charge >= 0.3 is 0 Å². The summed E-state index contributed by atoms with van der Waals surface area (Å²) in [6.07, 6.45) is 0. The molecule has 1 saturated heterocycles. The van der Waals surface area contributed by atoms with Crippen molar-refractivity contribution in [2.24, 2.45) is 5.14 Å². The average Bonchev–Trinajstić information content (AvgIpc) is 2.77. The van der Waals surface area contributed by atoms with Crippen molar-refractivity contribution in [3.63, 3.8) is 0 Å². The van der Waals surface area contributed by atoms with Crippen LogP contribution in [-0.2, 0) is 22.2 Å². The van der Waals surface area contributed by atoms with E-state index in [4.69, 9.17) is 5.14 Å². The monoisotopic (exact) mass is 301 g/mol. The minimum atomic E-state index is -3.55. The maximum Gasteiger partial charge on any atom is 0.276 e. The maximum atomic E-state index is 11.2. The van der Waals surface area contributed by atoms with E-state index >= 15 is 0 Å². The SMILES string of the molecule is CC(C)(C)c1cc(CN2CCN(S(N)(=O)=O)CC2)[nH]n1. The number of nitrogens with zero attached hydrogens (tertiary/aromatic N) is 3. The van der Waals surface area contributed by atoms with Crippen LogP contribution in [0.5, 0.6) is 0 Å². The molecule has 1 aromatic rings. The van der Waals surface area contributed by atoms with Gasteiger partial charge in [-0.2, -0.15) is 17.8 Å². The first-order valence-electron chi connectivity index (χ1n) is 6.71. The Morgan fingerprint density at radius 2 is 1.90 bits per heavy atom. The van der Waals surface area contributed by atoms with Crippen LogP contribution < -0.4 is 5.14 Å². The topological polar surface area (TPSA) is 95.3 Å². The highest BCUT2D eigenvalue weighted by Gasteiger charge is 2.24. The molecule has 1 fully saturated rings. The number of rotatable bonds is 3. The molecule has 2 heterocycles. The second-order valence-electron chi connectivity index (χ2n) is 6.25. The van der Waals surface area contributed by atoms with Crippen molar-refractivity contribution in [1.29, 1.82) is 0 Å². The van der Waals surface area contributed by atoms with Gasteiger partial charge in [0.1, 0.15) is 0 Å². The average molecular weight is 301 g/mol. The molecule has 1 aliphatic heterocycles. The Morgan fingerprint density at radius 3 is 2.35 bits per heavy atom.